The monoisotopic (exact) mass is 316 g/mol. The number of hydrogen-bond acceptors (Lipinski definition) is 3. The number of halogens is 2. The minimum absolute atomic E-state index is 0.0195. The van der Waals surface area contributed by atoms with Crippen molar-refractivity contribution in [1.29, 1.82) is 0 Å². The van der Waals surface area contributed by atoms with E-state index in [0.717, 1.165) is 25.9 Å². The Morgan fingerprint density at radius 2 is 2.30 bits per heavy atom. The van der Waals surface area contributed by atoms with Gasteiger partial charge in [-0.3, -0.25) is 4.79 Å². The third kappa shape index (κ3) is 4.01. The summed E-state index contributed by atoms with van der Waals surface area (Å²) in [7, 11) is 1.81. The topological polar surface area (TPSA) is 41.6 Å². The normalized spacial score (nSPS) is 18.6. The third-order valence-corrected chi connectivity index (χ3v) is 3.99. The van der Waals surface area contributed by atoms with Gasteiger partial charge in [0.15, 0.2) is 6.61 Å². The second-order valence-electron chi connectivity index (χ2n) is 4.87. The van der Waals surface area contributed by atoms with E-state index in [1.807, 2.05) is 7.05 Å². The van der Waals surface area contributed by atoms with Crippen LogP contribution in [0.5, 0.6) is 5.75 Å². The van der Waals surface area contributed by atoms with E-state index in [1.165, 1.54) is 0 Å². The van der Waals surface area contributed by atoms with E-state index >= 15 is 0 Å². The molecule has 0 radical (unpaired) electrons. The molecule has 1 saturated heterocycles. The molecule has 0 aromatic heterocycles. The molecule has 6 heteroatoms. The van der Waals surface area contributed by atoms with E-state index < -0.39 is 0 Å². The summed E-state index contributed by atoms with van der Waals surface area (Å²) in [5.74, 6) is 0.421. The van der Waals surface area contributed by atoms with E-state index in [1.54, 1.807) is 23.1 Å². The molecule has 1 aromatic rings. The van der Waals surface area contributed by atoms with Gasteiger partial charge in [-0.1, -0.05) is 23.2 Å². The van der Waals surface area contributed by atoms with Crippen LogP contribution in [-0.4, -0.2) is 43.6 Å². The van der Waals surface area contributed by atoms with E-state index in [9.17, 15) is 4.79 Å². The fraction of sp³-hybridized carbons (Fsp3) is 0.500. The molecule has 1 aliphatic rings. The largest absolute Gasteiger partial charge is 0.482 e. The van der Waals surface area contributed by atoms with Gasteiger partial charge in [-0.2, -0.15) is 0 Å². The second-order valence-corrected chi connectivity index (χ2v) is 5.71. The molecule has 1 fully saturated rings. The number of benzene rings is 1. The van der Waals surface area contributed by atoms with E-state index in [4.69, 9.17) is 27.9 Å². The first-order valence-electron chi connectivity index (χ1n) is 6.62. The van der Waals surface area contributed by atoms with Crippen LogP contribution in [0.3, 0.4) is 0 Å². The first kappa shape index (κ1) is 15.4. The Kier molecular flexibility index (Phi) is 5.52. The quantitative estimate of drug-likeness (QED) is 0.928. The van der Waals surface area contributed by atoms with Gasteiger partial charge in [0.2, 0.25) is 0 Å². The zero-order valence-electron chi connectivity index (χ0n) is 11.4. The number of nitrogens with zero attached hydrogens (tertiary/aromatic N) is 1. The number of ether oxygens (including phenoxy) is 1. The Hall–Kier alpha value is -0.970. The Bertz CT molecular complexity index is 476. The predicted molar refractivity (Wildman–Crippen MR) is 80.6 cm³/mol. The maximum absolute atomic E-state index is 12.1. The van der Waals surface area contributed by atoms with Gasteiger partial charge in [-0.05, 0) is 37.6 Å². The summed E-state index contributed by atoms with van der Waals surface area (Å²) in [6, 6.07) is 5.18. The summed E-state index contributed by atoms with van der Waals surface area (Å²) in [5, 5.41) is 4.24. The van der Waals surface area contributed by atoms with Crippen LogP contribution in [0.2, 0.25) is 10.0 Å². The highest BCUT2D eigenvalue weighted by Crippen LogP contribution is 2.27. The molecule has 1 aliphatic heterocycles. The molecule has 0 aliphatic carbocycles. The molecule has 1 N–H and O–H groups in total. The average Bonchev–Trinajstić information content (AvgIpc) is 2.46. The maximum Gasteiger partial charge on any atom is 0.260 e. The molecule has 20 heavy (non-hydrogen) atoms. The molecule has 110 valence electrons. The van der Waals surface area contributed by atoms with Crippen molar-refractivity contribution in [2.24, 2.45) is 0 Å². The van der Waals surface area contributed by atoms with Crippen molar-refractivity contribution in [3.8, 4) is 5.75 Å². The van der Waals surface area contributed by atoms with E-state index in [2.05, 4.69) is 5.32 Å². The van der Waals surface area contributed by atoms with Crippen LogP contribution in [0, 0.1) is 0 Å². The van der Waals surface area contributed by atoms with Gasteiger partial charge >= 0.3 is 0 Å². The van der Waals surface area contributed by atoms with Crippen molar-refractivity contribution in [3.05, 3.63) is 28.2 Å². The van der Waals surface area contributed by atoms with Crippen LogP contribution in [0.1, 0.15) is 12.8 Å². The van der Waals surface area contributed by atoms with Crippen LogP contribution in [0.15, 0.2) is 18.2 Å². The standard InChI is InChI=1S/C14H18Cl2N2O2/c1-18(11-3-2-6-17-8-11)14(19)9-20-13-5-4-10(15)7-12(13)16/h4-5,7,11,17H,2-3,6,8-9H2,1H3. The second kappa shape index (κ2) is 7.16. The van der Waals surface area contributed by atoms with Gasteiger partial charge < -0.3 is 15.0 Å². The van der Waals surface area contributed by atoms with Crippen LogP contribution in [-0.2, 0) is 4.79 Å². The molecule has 1 aromatic carbocycles. The highest BCUT2D eigenvalue weighted by atomic mass is 35.5. The van der Waals surface area contributed by atoms with E-state index in [-0.39, 0.29) is 18.6 Å². The van der Waals surface area contributed by atoms with Crippen molar-refractivity contribution in [2.75, 3.05) is 26.7 Å². The smallest absolute Gasteiger partial charge is 0.260 e. The number of nitrogens with one attached hydrogen (secondary N) is 1. The number of carbonyl (C=O) groups excluding carboxylic acids is 1. The van der Waals surface area contributed by atoms with Crippen molar-refractivity contribution >= 4 is 29.1 Å². The first-order valence-corrected chi connectivity index (χ1v) is 7.38. The number of carbonyl (C=O) groups is 1. The molecular formula is C14H18Cl2N2O2. The summed E-state index contributed by atoms with van der Waals surface area (Å²) in [6.45, 7) is 1.84. The molecule has 0 saturated carbocycles. The molecule has 2 rings (SSSR count). The van der Waals surface area contributed by atoms with E-state index in [0.29, 0.717) is 15.8 Å². The molecule has 1 unspecified atom stereocenters. The van der Waals surface area contributed by atoms with Crippen LogP contribution >= 0.6 is 23.2 Å². The molecule has 1 heterocycles. The number of amides is 1. The number of rotatable bonds is 4. The summed E-state index contributed by atoms with van der Waals surface area (Å²) in [6.07, 6.45) is 2.11. The lowest BCUT2D eigenvalue weighted by Gasteiger charge is -2.31. The molecule has 1 amide bonds. The molecular weight excluding hydrogens is 299 g/mol. The van der Waals surface area contributed by atoms with Crippen molar-refractivity contribution in [1.82, 2.24) is 10.2 Å². The minimum atomic E-state index is -0.0512. The lowest BCUT2D eigenvalue weighted by Crippen LogP contribution is -2.48. The van der Waals surface area contributed by atoms with Crippen LogP contribution < -0.4 is 10.1 Å². The maximum atomic E-state index is 12.1. The number of likely N-dealkylation sites (N-methyl/N-ethyl adjacent to an activating group) is 1. The zero-order chi connectivity index (χ0) is 14.5. The average molecular weight is 317 g/mol. The summed E-state index contributed by atoms with van der Waals surface area (Å²) < 4.78 is 5.46. The van der Waals surface area contributed by atoms with Crippen molar-refractivity contribution in [2.45, 2.75) is 18.9 Å². The predicted octanol–water partition coefficient (Wildman–Crippen LogP) is 2.58. The lowest BCUT2D eigenvalue weighted by molar-refractivity contribution is -0.134. The lowest BCUT2D eigenvalue weighted by atomic mass is 10.1. The Morgan fingerprint density at radius 1 is 1.50 bits per heavy atom. The highest BCUT2D eigenvalue weighted by molar-refractivity contribution is 6.35. The van der Waals surface area contributed by atoms with Gasteiger partial charge in [0.05, 0.1) is 5.02 Å². The molecule has 0 bridgehead atoms. The third-order valence-electron chi connectivity index (χ3n) is 3.46. The number of piperidine rings is 1. The minimum Gasteiger partial charge on any atom is -0.482 e. The van der Waals surface area contributed by atoms with Gasteiger partial charge in [0.1, 0.15) is 5.75 Å². The van der Waals surface area contributed by atoms with Gasteiger partial charge in [0.25, 0.3) is 5.91 Å². The Labute approximate surface area is 129 Å². The fourth-order valence-electron chi connectivity index (χ4n) is 2.20. The van der Waals surface area contributed by atoms with Crippen LogP contribution in [0.25, 0.3) is 0 Å². The fourth-order valence-corrected chi connectivity index (χ4v) is 2.66. The molecule has 1 atom stereocenters. The van der Waals surface area contributed by atoms with Gasteiger partial charge in [-0.15, -0.1) is 0 Å². The Morgan fingerprint density at radius 3 is 2.95 bits per heavy atom. The summed E-state index contributed by atoms with van der Waals surface area (Å²) >= 11 is 11.8. The molecule has 0 spiro atoms. The van der Waals surface area contributed by atoms with Crippen LogP contribution in [0.4, 0.5) is 0 Å². The highest BCUT2D eigenvalue weighted by Gasteiger charge is 2.22. The number of hydrogen-bond donors (Lipinski definition) is 1. The first-order chi connectivity index (χ1) is 9.58. The van der Waals surface area contributed by atoms with Crippen molar-refractivity contribution in [3.63, 3.8) is 0 Å². The summed E-state index contributed by atoms with van der Waals surface area (Å²) in [4.78, 5) is 13.8. The SMILES string of the molecule is CN(C(=O)COc1ccc(Cl)cc1Cl)C1CCCNC1. The zero-order valence-corrected chi connectivity index (χ0v) is 12.9. The van der Waals surface area contributed by atoms with Gasteiger partial charge in [-0.25, -0.2) is 0 Å². The summed E-state index contributed by atoms with van der Waals surface area (Å²) in [5.41, 5.74) is 0. The van der Waals surface area contributed by atoms with Gasteiger partial charge in [0, 0.05) is 24.7 Å². The molecule has 4 nitrogen and oxygen atoms in total. The van der Waals surface area contributed by atoms with Crippen molar-refractivity contribution < 1.29 is 9.53 Å². The Balaban J connectivity index is 1.87.